The molecule has 2 aromatic heterocycles. The molecule has 0 saturated heterocycles. The first-order chi connectivity index (χ1) is 20.8. The maximum atomic E-state index is 4.86. The van der Waals surface area contributed by atoms with E-state index in [4.69, 9.17) is 15.0 Å². The highest BCUT2D eigenvalue weighted by Gasteiger charge is 2.12. The third-order valence-corrected chi connectivity index (χ3v) is 7.22. The standard InChI is InChI=1S/C38H26N4/c1-3-10-30(11-4-1)36-40-37(31-12-5-2-6-13-31)42-38(41-36)32-23-19-28(20-24-32)34-15-9-14-33(26-34)27-17-21-29(22-18-27)35-16-7-8-25-39-35/h1-26H. The van der Waals surface area contributed by atoms with Crippen LogP contribution >= 0.6 is 0 Å². The highest BCUT2D eigenvalue weighted by Crippen LogP contribution is 2.30. The van der Waals surface area contributed by atoms with E-state index in [1.54, 1.807) is 0 Å². The largest absolute Gasteiger partial charge is 0.256 e. The highest BCUT2D eigenvalue weighted by molar-refractivity contribution is 5.76. The number of aromatic nitrogens is 4. The van der Waals surface area contributed by atoms with Gasteiger partial charge in [-0.2, -0.15) is 0 Å². The molecule has 7 aromatic rings. The van der Waals surface area contributed by atoms with Gasteiger partial charge in [-0.1, -0.05) is 133 Å². The summed E-state index contributed by atoms with van der Waals surface area (Å²) in [6.07, 6.45) is 1.82. The molecule has 0 atom stereocenters. The number of nitrogens with zero attached hydrogens (tertiary/aromatic N) is 4. The van der Waals surface area contributed by atoms with Crippen molar-refractivity contribution in [2.24, 2.45) is 0 Å². The lowest BCUT2D eigenvalue weighted by Gasteiger charge is -2.10. The van der Waals surface area contributed by atoms with Gasteiger partial charge in [0.25, 0.3) is 0 Å². The molecule has 0 aliphatic carbocycles. The maximum absolute atomic E-state index is 4.86. The van der Waals surface area contributed by atoms with Crippen LogP contribution in [0.3, 0.4) is 0 Å². The molecule has 42 heavy (non-hydrogen) atoms. The number of pyridine rings is 1. The number of benzene rings is 5. The lowest BCUT2D eigenvalue weighted by Crippen LogP contribution is -2.00. The number of rotatable bonds is 6. The molecule has 0 amide bonds. The van der Waals surface area contributed by atoms with Gasteiger partial charge in [0, 0.05) is 28.5 Å². The van der Waals surface area contributed by atoms with Crippen molar-refractivity contribution in [3.05, 3.63) is 158 Å². The molecular formula is C38H26N4. The van der Waals surface area contributed by atoms with Crippen LogP contribution < -0.4 is 0 Å². The molecule has 4 nitrogen and oxygen atoms in total. The number of hydrogen-bond donors (Lipinski definition) is 0. The lowest BCUT2D eigenvalue weighted by atomic mass is 9.97. The van der Waals surface area contributed by atoms with Crippen LogP contribution in [0, 0.1) is 0 Å². The Kier molecular flexibility index (Phi) is 6.85. The average Bonchev–Trinajstić information content (AvgIpc) is 3.09. The molecule has 0 aliphatic heterocycles. The Morgan fingerprint density at radius 1 is 0.286 bits per heavy atom. The topological polar surface area (TPSA) is 51.6 Å². The fourth-order valence-electron chi connectivity index (χ4n) is 4.99. The molecule has 198 valence electrons. The Balaban J connectivity index is 1.20. The van der Waals surface area contributed by atoms with Gasteiger partial charge in [-0.15, -0.1) is 0 Å². The number of hydrogen-bond acceptors (Lipinski definition) is 4. The summed E-state index contributed by atoms with van der Waals surface area (Å²) in [5.74, 6) is 1.96. The van der Waals surface area contributed by atoms with Crippen molar-refractivity contribution >= 4 is 0 Å². The smallest absolute Gasteiger partial charge is 0.164 e. The third-order valence-electron chi connectivity index (χ3n) is 7.22. The van der Waals surface area contributed by atoms with Gasteiger partial charge in [0.2, 0.25) is 0 Å². The van der Waals surface area contributed by atoms with E-state index in [-0.39, 0.29) is 0 Å². The second kappa shape index (κ2) is 11.4. The monoisotopic (exact) mass is 538 g/mol. The van der Waals surface area contributed by atoms with Crippen LogP contribution in [0.25, 0.3) is 67.7 Å². The Bertz CT molecular complexity index is 1880. The summed E-state index contributed by atoms with van der Waals surface area (Å²) in [6.45, 7) is 0. The summed E-state index contributed by atoms with van der Waals surface area (Å²) < 4.78 is 0. The predicted octanol–water partition coefficient (Wildman–Crippen LogP) is 9.27. The quantitative estimate of drug-likeness (QED) is 0.212. The fourth-order valence-corrected chi connectivity index (χ4v) is 4.99. The molecule has 0 fully saturated rings. The molecule has 0 unspecified atom stereocenters. The average molecular weight is 539 g/mol. The van der Waals surface area contributed by atoms with E-state index < -0.39 is 0 Å². The van der Waals surface area contributed by atoms with Crippen molar-refractivity contribution in [3.8, 4) is 67.7 Å². The maximum Gasteiger partial charge on any atom is 0.164 e. The molecule has 5 aromatic carbocycles. The van der Waals surface area contributed by atoms with Crippen LogP contribution in [0.2, 0.25) is 0 Å². The summed E-state index contributed by atoms with van der Waals surface area (Å²) in [5.41, 5.74) is 9.56. The molecule has 2 heterocycles. The van der Waals surface area contributed by atoms with Crippen LogP contribution in [0.5, 0.6) is 0 Å². The van der Waals surface area contributed by atoms with Crippen LogP contribution in [0.15, 0.2) is 158 Å². The molecule has 0 N–H and O–H groups in total. The first kappa shape index (κ1) is 25.2. The highest BCUT2D eigenvalue weighted by atomic mass is 15.0. The predicted molar refractivity (Wildman–Crippen MR) is 170 cm³/mol. The van der Waals surface area contributed by atoms with Gasteiger partial charge >= 0.3 is 0 Å². The first-order valence-electron chi connectivity index (χ1n) is 13.9. The summed E-state index contributed by atoms with van der Waals surface area (Å²) in [4.78, 5) is 19.0. The zero-order valence-electron chi connectivity index (χ0n) is 22.8. The molecule has 0 saturated carbocycles. The van der Waals surface area contributed by atoms with Crippen molar-refractivity contribution in [1.29, 1.82) is 0 Å². The van der Waals surface area contributed by atoms with Gasteiger partial charge in [-0.3, -0.25) is 4.98 Å². The SMILES string of the molecule is c1ccc(-c2nc(-c3ccccc3)nc(-c3ccc(-c4cccc(-c5ccc(-c6ccccn6)cc5)c4)cc3)n2)cc1. The van der Waals surface area contributed by atoms with Gasteiger partial charge in [0.15, 0.2) is 17.5 Å². The zero-order valence-corrected chi connectivity index (χ0v) is 22.8. The molecule has 0 spiro atoms. The Labute approximate surface area is 245 Å². The van der Waals surface area contributed by atoms with Crippen LogP contribution in [-0.2, 0) is 0 Å². The van der Waals surface area contributed by atoms with Crippen molar-refractivity contribution in [3.63, 3.8) is 0 Å². The van der Waals surface area contributed by atoms with E-state index in [2.05, 4.69) is 77.8 Å². The molecule has 4 heteroatoms. The van der Waals surface area contributed by atoms with Crippen LogP contribution in [0.4, 0.5) is 0 Å². The minimum absolute atomic E-state index is 0.649. The van der Waals surface area contributed by atoms with Crippen LogP contribution in [-0.4, -0.2) is 19.9 Å². The lowest BCUT2D eigenvalue weighted by molar-refractivity contribution is 1.07. The van der Waals surface area contributed by atoms with E-state index in [9.17, 15) is 0 Å². The van der Waals surface area contributed by atoms with Crippen LogP contribution in [0.1, 0.15) is 0 Å². The second-order valence-corrected chi connectivity index (χ2v) is 9.99. The van der Waals surface area contributed by atoms with Crippen molar-refractivity contribution in [1.82, 2.24) is 19.9 Å². The van der Waals surface area contributed by atoms with Gasteiger partial charge in [-0.05, 0) is 40.5 Å². The Hall–Kier alpha value is -5.74. The van der Waals surface area contributed by atoms with Crippen molar-refractivity contribution in [2.75, 3.05) is 0 Å². The van der Waals surface area contributed by atoms with E-state index in [0.717, 1.165) is 39.1 Å². The normalized spacial score (nSPS) is 10.9. The summed E-state index contributed by atoms with van der Waals surface area (Å²) in [5, 5.41) is 0. The molecular weight excluding hydrogens is 512 g/mol. The first-order valence-corrected chi connectivity index (χ1v) is 13.9. The van der Waals surface area contributed by atoms with E-state index in [0.29, 0.717) is 17.5 Å². The summed E-state index contributed by atoms with van der Waals surface area (Å²) >= 11 is 0. The minimum atomic E-state index is 0.649. The summed E-state index contributed by atoms with van der Waals surface area (Å²) in [7, 11) is 0. The second-order valence-electron chi connectivity index (χ2n) is 9.99. The van der Waals surface area contributed by atoms with E-state index in [1.165, 1.54) is 11.1 Å². The van der Waals surface area contributed by atoms with Gasteiger partial charge < -0.3 is 0 Å². The third kappa shape index (κ3) is 5.34. The molecule has 0 radical (unpaired) electrons. The van der Waals surface area contributed by atoms with E-state index >= 15 is 0 Å². The Morgan fingerprint density at radius 3 is 1.17 bits per heavy atom. The van der Waals surface area contributed by atoms with Gasteiger partial charge in [0.05, 0.1) is 5.69 Å². The van der Waals surface area contributed by atoms with Gasteiger partial charge in [0.1, 0.15) is 0 Å². The molecule has 7 rings (SSSR count). The Morgan fingerprint density at radius 2 is 0.690 bits per heavy atom. The van der Waals surface area contributed by atoms with Gasteiger partial charge in [-0.25, -0.2) is 15.0 Å². The fraction of sp³-hybridized carbons (Fsp3) is 0. The zero-order chi connectivity index (χ0) is 28.1. The summed E-state index contributed by atoms with van der Waals surface area (Å²) in [6, 6.07) is 51.7. The van der Waals surface area contributed by atoms with Crippen molar-refractivity contribution in [2.45, 2.75) is 0 Å². The molecule has 0 bridgehead atoms. The van der Waals surface area contributed by atoms with Crippen molar-refractivity contribution < 1.29 is 0 Å². The van der Waals surface area contributed by atoms with E-state index in [1.807, 2.05) is 85.1 Å². The minimum Gasteiger partial charge on any atom is -0.256 e. The molecule has 0 aliphatic rings.